The zero-order valence-corrected chi connectivity index (χ0v) is 15.4. The Morgan fingerprint density at radius 2 is 1.74 bits per heavy atom. The Morgan fingerprint density at radius 3 is 2.43 bits per heavy atom. The molecule has 3 rings (SSSR count). The predicted molar refractivity (Wildman–Crippen MR) is 103 cm³/mol. The van der Waals surface area contributed by atoms with Crippen LogP contribution >= 0.6 is 46.1 Å². The molecule has 2 aromatic rings. The van der Waals surface area contributed by atoms with Crippen LogP contribution in [0.2, 0.25) is 15.1 Å². The summed E-state index contributed by atoms with van der Waals surface area (Å²) in [4.78, 5) is 3.52. The minimum absolute atomic E-state index is 0.444. The van der Waals surface area contributed by atoms with E-state index in [9.17, 15) is 0 Å². The standard InChI is InChI=1S/C16H16Cl3N3S/c17-11-8-13(18)16(14(19)9-11)21-20-10-12-4-5-15(23-12)22-6-2-1-3-7-22/h4-5,8-10,21H,1-3,6-7H2. The highest BCUT2D eigenvalue weighted by atomic mass is 35.5. The van der Waals surface area contributed by atoms with Gasteiger partial charge in [-0.3, -0.25) is 5.43 Å². The van der Waals surface area contributed by atoms with Crippen LogP contribution in [0.4, 0.5) is 10.7 Å². The average molecular weight is 389 g/mol. The average Bonchev–Trinajstić information content (AvgIpc) is 2.99. The molecule has 1 aromatic carbocycles. The first kappa shape index (κ1) is 16.9. The van der Waals surface area contributed by atoms with E-state index in [0.717, 1.165) is 18.0 Å². The summed E-state index contributed by atoms with van der Waals surface area (Å²) in [6.45, 7) is 2.29. The van der Waals surface area contributed by atoms with Gasteiger partial charge in [-0.05, 0) is 43.5 Å². The minimum atomic E-state index is 0.444. The lowest BCUT2D eigenvalue weighted by Crippen LogP contribution is -2.28. The van der Waals surface area contributed by atoms with Gasteiger partial charge in [0.2, 0.25) is 0 Å². The van der Waals surface area contributed by atoms with E-state index in [0.29, 0.717) is 20.8 Å². The Kier molecular flexibility index (Phi) is 5.70. The predicted octanol–water partition coefficient (Wildman–Crippen LogP) is 6.14. The first-order chi connectivity index (χ1) is 11.1. The fourth-order valence-electron chi connectivity index (χ4n) is 2.51. The molecule has 1 fully saturated rings. The summed E-state index contributed by atoms with van der Waals surface area (Å²) in [6, 6.07) is 7.49. The van der Waals surface area contributed by atoms with Crippen LogP contribution in [0.5, 0.6) is 0 Å². The molecule has 3 nitrogen and oxygen atoms in total. The first-order valence-electron chi connectivity index (χ1n) is 7.42. The number of halogens is 3. The van der Waals surface area contributed by atoms with Crippen LogP contribution < -0.4 is 10.3 Å². The molecule has 122 valence electrons. The van der Waals surface area contributed by atoms with Gasteiger partial charge in [0.05, 0.1) is 26.9 Å². The molecule has 1 aliphatic heterocycles. The van der Waals surface area contributed by atoms with Gasteiger partial charge in [0.15, 0.2) is 0 Å². The quantitative estimate of drug-likeness (QED) is 0.503. The molecule has 0 atom stereocenters. The molecule has 0 bridgehead atoms. The number of hydrogen-bond donors (Lipinski definition) is 1. The van der Waals surface area contributed by atoms with E-state index in [1.54, 1.807) is 29.7 Å². The fourth-order valence-corrected chi connectivity index (χ4v) is 4.34. The van der Waals surface area contributed by atoms with Crippen LogP contribution in [0.15, 0.2) is 29.4 Å². The molecular weight excluding hydrogens is 373 g/mol. The molecule has 0 amide bonds. The third kappa shape index (κ3) is 4.32. The Bertz CT molecular complexity index is 685. The molecule has 23 heavy (non-hydrogen) atoms. The Hall–Kier alpha value is -0.940. The van der Waals surface area contributed by atoms with E-state index in [2.05, 4.69) is 27.6 Å². The number of piperidine rings is 1. The number of thiophene rings is 1. The van der Waals surface area contributed by atoms with Crippen molar-refractivity contribution in [1.29, 1.82) is 0 Å². The molecule has 0 unspecified atom stereocenters. The van der Waals surface area contributed by atoms with Gasteiger partial charge in [0, 0.05) is 23.0 Å². The maximum atomic E-state index is 6.11. The van der Waals surface area contributed by atoms with Gasteiger partial charge in [-0.1, -0.05) is 34.8 Å². The molecule has 0 saturated carbocycles. The van der Waals surface area contributed by atoms with Crippen LogP contribution in [-0.4, -0.2) is 19.3 Å². The summed E-state index contributed by atoms with van der Waals surface area (Å²) in [5, 5.41) is 6.91. The summed E-state index contributed by atoms with van der Waals surface area (Å²) in [6.07, 6.45) is 5.66. The van der Waals surface area contributed by atoms with Crippen molar-refractivity contribution < 1.29 is 0 Å². The first-order valence-corrected chi connectivity index (χ1v) is 9.37. The zero-order valence-electron chi connectivity index (χ0n) is 12.4. The Labute approximate surface area is 154 Å². The molecule has 0 radical (unpaired) electrons. The lowest BCUT2D eigenvalue weighted by molar-refractivity contribution is 0.580. The van der Waals surface area contributed by atoms with E-state index in [4.69, 9.17) is 34.8 Å². The highest BCUT2D eigenvalue weighted by Crippen LogP contribution is 2.33. The number of hydrogen-bond acceptors (Lipinski definition) is 4. The maximum Gasteiger partial charge on any atom is 0.0935 e. The fraction of sp³-hybridized carbons (Fsp3) is 0.312. The molecule has 0 spiro atoms. The van der Waals surface area contributed by atoms with Crippen molar-refractivity contribution in [3.63, 3.8) is 0 Å². The molecule has 7 heteroatoms. The van der Waals surface area contributed by atoms with Crippen LogP contribution in [-0.2, 0) is 0 Å². The normalized spacial score (nSPS) is 15.3. The SMILES string of the molecule is Clc1cc(Cl)c(NN=Cc2ccc(N3CCCCC3)s2)c(Cl)c1. The van der Waals surface area contributed by atoms with Gasteiger partial charge in [-0.15, -0.1) is 11.3 Å². The smallest absolute Gasteiger partial charge is 0.0935 e. The third-order valence-corrected chi connectivity index (χ3v) is 5.55. The summed E-state index contributed by atoms with van der Waals surface area (Å²) < 4.78 is 0. The van der Waals surface area contributed by atoms with Crippen LogP contribution in [0.1, 0.15) is 24.1 Å². The number of nitrogens with one attached hydrogen (secondary N) is 1. The van der Waals surface area contributed by atoms with Crippen LogP contribution in [0, 0.1) is 0 Å². The lowest BCUT2D eigenvalue weighted by Gasteiger charge is -2.27. The van der Waals surface area contributed by atoms with E-state index in [1.165, 1.54) is 24.3 Å². The van der Waals surface area contributed by atoms with Crippen LogP contribution in [0.3, 0.4) is 0 Å². The van der Waals surface area contributed by atoms with E-state index in [-0.39, 0.29) is 0 Å². The van der Waals surface area contributed by atoms with Crippen molar-refractivity contribution in [2.24, 2.45) is 5.10 Å². The Balaban J connectivity index is 1.66. The summed E-state index contributed by atoms with van der Waals surface area (Å²) in [5.74, 6) is 0. The second kappa shape index (κ2) is 7.75. The molecule has 2 heterocycles. The van der Waals surface area contributed by atoms with Crippen molar-refractivity contribution in [3.05, 3.63) is 44.2 Å². The van der Waals surface area contributed by atoms with Gasteiger partial charge in [0.1, 0.15) is 0 Å². The van der Waals surface area contributed by atoms with Gasteiger partial charge in [-0.2, -0.15) is 5.10 Å². The summed E-state index contributed by atoms with van der Waals surface area (Å²) in [5.41, 5.74) is 3.44. The largest absolute Gasteiger partial charge is 0.363 e. The Morgan fingerprint density at radius 1 is 1.04 bits per heavy atom. The van der Waals surface area contributed by atoms with Crippen molar-refractivity contribution >= 4 is 63.0 Å². The summed E-state index contributed by atoms with van der Waals surface area (Å²) >= 11 is 19.9. The second-order valence-electron chi connectivity index (χ2n) is 5.34. The van der Waals surface area contributed by atoms with Gasteiger partial charge in [-0.25, -0.2) is 0 Å². The van der Waals surface area contributed by atoms with Gasteiger partial charge >= 0.3 is 0 Å². The van der Waals surface area contributed by atoms with Crippen molar-refractivity contribution in [2.45, 2.75) is 19.3 Å². The highest BCUT2D eigenvalue weighted by Gasteiger charge is 2.12. The maximum absolute atomic E-state index is 6.11. The van der Waals surface area contributed by atoms with Crippen LogP contribution in [0.25, 0.3) is 0 Å². The molecule has 1 aliphatic rings. The van der Waals surface area contributed by atoms with E-state index >= 15 is 0 Å². The monoisotopic (exact) mass is 387 g/mol. The van der Waals surface area contributed by atoms with Crippen molar-refractivity contribution in [1.82, 2.24) is 0 Å². The minimum Gasteiger partial charge on any atom is -0.363 e. The number of hydrazone groups is 1. The van der Waals surface area contributed by atoms with Gasteiger partial charge in [0.25, 0.3) is 0 Å². The van der Waals surface area contributed by atoms with Crippen molar-refractivity contribution in [2.75, 3.05) is 23.4 Å². The number of rotatable bonds is 4. The molecular formula is C16H16Cl3N3S. The number of benzene rings is 1. The lowest BCUT2D eigenvalue weighted by atomic mass is 10.1. The number of anilines is 2. The molecule has 1 aromatic heterocycles. The number of nitrogens with zero attached hydrogens (tertiary/aromatic N) is 2. The van der Waals surface area contributed by atoms with E-state index in [1.807, 2.05) is 0 Å². The summed E-state index contributed by atoms with van der Waals surface area (Å²) in [7, 11) is 0. The van der Waals surface area contributed by atoms with E-state index < -0.39 is 0 Å². The molecule has 0 aliphatic carbocycles. The highest BCUT2D eigenvalue weighted by molar-refractivity contribution is 7.17. The molecule has 1 saturated heterocycles. The second-order valence-corrected chi connectivity index (χ2v) is 7.68. The molecule has 1 N–H and O–H groups in total. The third-order valence-electron chi connectivity index (χ3n) is 3.66. The van der Waals surface area contributed by atoms with Crippen molar-refractivity contribution in [3.8, 4) is 0 Å². The van der Waals surface area contributed by atoms with Gasteiger partial charge < -0.3 is 4.90 Å². The topological polar surface area (TPSA) is 27.6 Å². The zero-order chi connectivity index (χ0) is 16.2.